The summed E-state index contributed by atoms with van der Waals surface area (Å²) in [5.41, 5.74) is 21.6. The molecule has 6 amide bonds. The second-order valence-electron chi connectivity index (χ2n) is 12.5. The van der Waals surface area contributed by atoms with Crippen LogP contribution in [0, 0.1) is 16.2 Å². The molecule has 324 valence electrons. The number of guanidine groups is 3. The number of carboxylic acids is 1. The zero-order valence-electron chi connectivity index (χ0n) is 31.5. The summed E-state index contributed by atoms with van der Waals surface area (Å²) in [6.07, 6.45) is -1.19. The second-order valence-corrected chi connectivity index (χ2v) is 12.9. The number of aliphatic hydroxyl groups excluding tert-OH is 2. The SMILES string of the molecule is C[C@@H](O)[C@H](NC(=O)[C@H](CO)NC(=O)[C@H](CCCNC(=N)N)NC(=O)[C@H](CCCNC(=N)N)NC(=O)CNC(=O)[C@H](CCCNC(=N)N)NC(=O)[C@@H](N)CS)C(=O)O. The molecular formula is C30H58N16O10S. The number of aliphatic hydroxyl groups is 2. The smallest absolute Gasteiger partial charge is 0.328 e. The van der Waals surface area contributed by atoms with Crippen LogP contribution in [0.25, 0.3) is 0 Å². The maximum absolute atomic E-state index is 13.6. The molecule has 0 heterocycles. The molecule has 0 aliphatic heterocycles. The van der Waals surface area contributed by atoms with Gasteiger partial charge in [-0.2, -0.15) is 12.6 Å². The van der Waals surface area contributed by atoms with Crippen LogP contribution in [0.3, 0.4) is 0 Å². The Kier molecular flexibility index (Phi) is 25.1. The molecule has 0 fully saturated rings. The summed E-state index contributed by atoms with van der Waals surface area (Å²) in [5, 5.41) is 72.4. The molecular weight excluding hydrogens is 776 g/mol. The number of carbonyl (C=O) groups is 7. The number of carbonyl (C=O) groups excluding carboxylic acids is 6. The van der Waals surface area contributed by atoms with E-state index in [2.05, 4.69) is 55.2 Å². The average Bonchev–Trinajstić information content (AvgIpc) is 3.13. The lowest BCUT2D eigenvalue weighted by molar-refractivity contribution is -0.145. The second kappa shape index (κ2) is 27.8. The van der Waals surface area contributed by atoms with Crippen LogP contribution in [0.2, 0.25) is 0 Å². The molecule has 0 aliphatic rings. The maximum atomic E-state index is 13.6. The summed E-state index contributed by atoms with van der Waals surface area (Å²) in [6.45, 7) is -0.230. The third kappa shape index (κ3) is 22.5. The molecule has 26 nitrogen and oxygen atoms in total. The molecule has 23 N–H and O–H groups in total. The summed E-state index contributed by atoms with van der Waals surface area (Å²) < 4.78 is 0. The predicted octanol–water partition coefficient (Wildman–Crippen LogP) is -7.97. The summed E-state index contributed by atoms with van der Waals surface area (Å²) in [6, 6.07) is -8.52. The Morgan fingerprint density at radius 1 is 0.614 bits per heavy atom. The number of rotatable bonds is 28. The maximum Gasteiger partial charge on any atom is 0.328 e. The number of nitrogens with one attached hydrogen (secondary N) is 12. The van der Waals surface area contributed by atoms with Gasteiger partial charge in [-0.05, 0) is 45.4 Å². The number of thiol groups is 1. The third-order valence-electron chi connectivity index (χ3n) is 7.69. The van der Waals surface area contributed by atoms with Crippen LogP contribution in [-0.2, 0) is 33.6 Å². The fourth-order valence-electron chi connectivity index (χ4n) is 4.67. The van der Waals surface area contributed by atoms with Gasteiger partial charge in [0.15, 0.2) is 23.9 Å². The molecule has 0 aromatic carbocycles. The minimum absolute atomic E-state index is 0.0216. The Balaban J connectivity index is 6.08. The molecule has 27 heteroatoms. The number of nitrogens with two attached hydrogens (primary N) is 4. The molecule has 0 bridgehead atoms. The minimum Gasteiger partial charge on any atom is -0.480 e. The summed E-state index contributed by atoms with van der Waals surface area (Å²) in [4.78, 5) is 89.8. The van der Waals surface area contributed by atoms with E-state index in [1.807, 2.05) is 5.32 Å². The molecule has 0 spiro atoms. The lowest BCUT2D eigenvalue weighted by atomic mass is 10.1. The van der Waals surface area contributed by atoms with Crippen molar-refractivity contribution in [2.75, 3.05) is 38.5 Å². The monoisotopic (exact) mass is 834 g/mol. The fourth-order valence-corrected chi connectivity index (χ4v) is 4.84. The highest BCUT2D eigenvalue weighted by molar-refractivity contribution is 7.80. The predicted molar refractivity (Wildman–Crippen MR) is 208 cm³/mol. The number of aliphatic carboxylic acids is 1. The first-order valence-electron chi connectivity index (χ1n) is 17.6. The zero-order valence-corrected chi connectivity index (χ0v) is 32.4. The first kappa shape index (κ1) is 51.3. The summed E-state index contributed by atoms with van der Waals surface area (Å²) in [7, 11) is 0. The Morgan fingerprint density at radius 3 is 1.39 bits per heavy atom. The zero-order chi connectivity index (χ0) is 43.7. The Morgan fingerprint density at radius 2 is 1.00 bits per heavy atom. The molecule has 0 unspecified atom stereocenters. The van der Waals surface area contributed by atoms with E-state index in [1.165, 1.54) is 0 Å². The highest BCUT2D eigenvalue weighted by Crippen LogP contribution is 2.05. The molecule has 0 aromatic rings. The van der Waals surface area contributed by atoms with Crippen LogP contribution in [-0.4, -0.2) is 156 Å². The fraction of sp³-hybridized carbons (Fsp3) is 0.667. The van der Waals surface area contributed by atoms with Crippen LogP contribution >= 0.6 is 12.6 Å². The average molecular weight is 835 g/mol. The van der Waals surface area contributed by atoms with Gasteiger partial charge in [-0.1, -0.05) is 0 Å². The van der Waals surface area contributed by atoms with E-state index in [9.17, 15) is 48.9 Å². The van der Waals surface area contributed by atoms with Crippen molar-refractivity contribution in [2.45, 2.75) is 87.8 Å². The van der Waals surface area contributed by atoms with Gasteiger partial charge in [0, 0.05) is 25.4 Å². The number of hydrogen-bond donors (Lipinski definition) is 20. The first-order valence-corrected chi connectivity index (χ1v) is 18.3. The molecule has 0 aromatic heterocycles. The van der Waals surface area contributed by atoms with Crippen LogP contribution < -0.4 is 70.8 Å². The Labute approximate surface area is 333 Å². The van der Waals surface area contributed by atoms with Gasteiger partial charge in [0.05, 0.1) is 25.3 Å². The van der Waals surface area contributed by atoms with Crippen molar-refractivity contribution in [1.82, 2.24) is 47.9 Å². The van der Waals surface area contributed by atoms with E-state index >= 15 is 0 Å². The van der Waals surface area contributed by atoms with Gasteiger partial charge < -0.3 is 86.1 Å². The quantitative estimate of drug-likeness (QED) is 0.0151. The van der Waals surface area contributed by atoms with Gasteiger partial charge in [0.1, 0.15) is 24.2 Å². The van der Waals surface area contributed by atoms with Crippen molar-refractivity contribution in [3.05, 3.63) is 0 Å². The van der Waals surface area contributed by atoms with Crippen molar-refractivity contribution in [1.29, 1.82) is 16.2 Å². The number of amides is 6. The van der Waals surface area contributed by atoms with Crippen molar-refractivity contribution < 1.29 is 48.9 Å². The normalized spacial score (nSPS) is 14.3. The van der Waals surface area contributed by atoms with E-state index in [0.717, 1.165) is 6.92 Å². The first-order chi connectivity index (χ1) is 26.7. The van der Waals surface area contributed by atoms with Gasteiger partial charge in [-0.3, -0.25) is 45.0 Å². The molecule has 57 heavy (non-hydrogen) atoms. The summed E-state index contributed by atoms with van der Waals surface area (Å²) in [5.74, 6) is -8.06. The van der Waals surface area contributed by atoms with Crippen molar-refractivity contribution in [3.63, 3.8) is 0 Å². The van der Waals surface area contributed by atoms with Crippen molar-refractivity contribution >= 4 is 71.9 Å². The Bertz CT molecular complexity index is 1410. The van der Waals surface area contributed by atoms with Crippen molar-refractivity contribution in [2.24, 2.45) is 22.9 Å². The minimum atomic E-state index is -1.78. The molecule has 0 saturated carbocycles. The van der Waals surface area contributed by atoms with Crippen LogP contribution in [0.5, 0.6) is 0 Å². The van der Waals surface area contributed by atoms with E-state index < -0.39 is 96.9 Å². The molecule has 0 rings (SSSR count). The van der Waals surface area contributed by atoms with E-state index in [0.29, 0.717) is 0 Å². The number of hydrogen-bond acceptors (Lipinski definition) is 14. The van der Waals surface area contributed by atoms with Gasteiger partial charge >= 0.3 is 5.97 Å². The van der Waals surface area contributed by atoms with E-state index in [1.54, 1.807) is 0 Å². The topological polar surface area (TPSA) is 464 Å². The highest BCUT2D eigenvalue weighted by atomic mass is 32.1. The van der Waals surface area contributed by atoms with Crippen molar-refractivity contribution in [3.8, 4) is 0 Å². The van der Waals surface area contributed by atoms with Gasteiger partial charge in [-0.15, -0.1) is 0 Å². The lowest BCUT2D eigenvalue weighted by Crippen LogP contribution is -2.60. The van der Waals surface area contributed by atoms with E-state index in [-0.39, 0.29) is 81.8 Å². The highest BCUT2D eigenvalue weighted by Gasteiger charge is 2.32. The van der Waals surface area contributed by atoms with E-state index in [4.69, 9.17) is 39.2 Å². The van der Waals surface area contributed by atoms with Crippen LogP contribution in [0.15, 0.2) is 0 Å². The van der Waals surface area contributed by atoms with Gasteiger partial charge in [-0.25, -0.2) is 4.79 Å². The molecule has 0 saturated heterocycles. The molecule has 0 aliphatic carbocycles. The Hall–Kier alpha value is -5.67. The van der Waals surface area contributed by atoms with Gasteiger partial charge in [0.25, 0.3) is 0 Å². The summed E-state index contributed by atoms with van der Waals surface area (Å²) >= 11 is 3.97. The van der Waals surface area contributed by atoms with Gasteiger partial charge in [0.2, 0.25) is 35.4 Å². The molecule has 0 radical (unpaired) electrons. The third-order valence-corrected chi connectivity index (χ3v) is 8.08. The number of carboxylic acid groups (broad SMARTS) is 1. The van der Waals surface area contributed by atoms with Crippen LogP contribution in [0.4, 0.5) is 0 Å². The largest absolute Gasteiger partial charge is 0.480 e. The lowest BCUT2D eigenvalue weighted by Gasteiger charge is -2.26. The van der Waals surface area contributed by atoms with Crippen LogP contribution in [0.1, 0.15) is 45.4 Å². The standard InChI is InChI=1S/C30H58N16O10S/c1-14(48)21(27(55)56)46-26(54)19(12-47)45-25(53)18(7-4-10-40-30(36)37)44-24(52)17(6-3-9-39-29(34)35)42-20(49)11-41-23(51)16(5-2-8-38-28(32)33)43-22(50)15(31)13-57/h14-19,21,47-48,57H,2-13,31H2,1H3,(H,41,51)(H,42,49)(H,43,50)(H,44,52)(H,45,53)(H,46,54)(H,55,56)(H4,32,33,38)(H4,34,35,39)(H4,36,37,40)/t14-,15+,16+,17+,18+,19+,21+/m1/s1. The molecule has 7 atom stereocenters.